The third-order valence-electron chi connectivity index (χ3n) is 3.25. The number of carbonyl (C=O) groups is 2. The Balaban J connectivity index is 1.95. The Morgan fingerprint density at radius 1 is 1.08 bits per heavy atom. The van der Waals surface area contributed by atoms with Crippen LogP contribution in [-0.2, 0) is 14.6 Å². The van der Waals surface area contributed by atoms with Crippen LogP contribution < -0.4 is 16.4 Å². The largest absolute Gasteiger partial charge is 0.376 e. The van der Waals surface area contributed by atoms with Crippen molar-refractivity contribution in [3.8, 4) is 0 Å². The van der Waals surface area contributed by atoms with Crippen LogP contribution in [0.25, 0.3) is 0 Å². The van der Waals surface area contributed by atoms with Crippen LogP contribution >= 0.6 is 11.6 Å². The molecule has 0 fully saturated rings. The van der Waals surface area contributed by atoms with Crippen molar-refractivity contribution in [3.63, 3.8) is 0 Å². The molecule has 2 aromatic rings. The van der Waals surface area contributed by atoms with Gasteiger partial charge in [0.2, 0.25) is 11.8 Å². The van der Waals surface area contributed by atoms with E-state index in [0.717, 1.165) is 6.26 Å². The van der Waals surface area contributed by atoms with Crippen molar-refractivity contribution in [2.24, 2.45) is 5.73 Å². The monoisotopic (exact) mass is 381 g/mol. The second-order valence-electron chi connectivity index (χ2n) is 5.26. The molecular formula is C16H16ClN3O4S. The van der Waals surface area contributed by atoms with Gasteiger partial charge in [-0.1, -0.05) is 11.6 Å². The van der Waals surface area contributed by atoms with Crippen molar-refractivity contribution < 1.29 is 18.0 Å². The Hall–Kier alpha value is -2.58. The van der Waals surface area contributed by atoms with Gasteiger partial charge in [-0.2, -0.15) is 0 Å². The SMILES string of the molecule is CS(=O)(=O)c1ccc(NC(=O)CNc2ccc(C(N)=O)c(Cl)c2)cc1. The summed E-state index contributed by atoms with van der Waals surface area (Å²) < 4.78 is 22.8. The van der Waals surface area contributed by atoms with E-state index in [0.29, 0.717) is 11.4 Å². The molecule has 2 aromatic carbocycles. The molecule has 0 aliphatic heterocycles. The smallest absolute Gasteiger partial charge is 0.250 e. The maximum absolute atomic E-state index is 11.9. The average molecular weight is 382 g/mol. The Bertz CT molecular complexity index is 911. The van der Waals surface area contributed by atoms with Crippen LogP contribution in [-0.4, -0.2) is 33.0 Å². The molecule has 25 heavy (non-hydrogen) atoms. The standard InChI is InChI=1S/C16H16ClN3O4S/c1-25(23,24)12-5-2-10(3-6-12)20-15(21)9-19-11-4-7-13(16(18)22)14(17)8-11/h2-8,19H,9H2,1H3,(H2,18,22)(H,20,21). The predicted molar refractivity (Wildman–Crippen MR) is 96.6 cm³/mol. The summed E-state index contributed by atoms with van der Waals surface area (Å²) in [6.07, 6.45) is 1.11. The average Bonchev–Trinajstić information content (AvgIpc) is 2.52. The molecule has 0 aliphatic rings. The highest BCUT2D eigenvalue weighted by atomic mass is 35.5. The van der Waals surface area contributed by atoms with Crippen LogP contribution in [0.5, 0.6) is 0 Å². The number of anilines is 2. The summed E-state index contributed by atoms with van der Waals surface area (Å²) in [5, 5.41) is 5.68. The summed E-state index contributed by atoms with van der Waals surface area (Å²) in [5.74, 6) is -0.964. The number of carbonyl (C=O) groups excluding carboxylic acids is 2. The molecule has 132 valence electrons. The Labute approximate surface area is 150 Å². The van der Waals surface area contributed by atoms with Crippen LogP contribution in [0.4, 0.5) is 11.4 Å². The number of rotatable bonds is 6. The number of hydrogen-bond acceptors (Lipinski definition) is 5. The van der Waals surface area contributed by atoms with Crippen LogP contribution in [0.2, 0.25) is 5.02 Å². The zero-order chi connectivity index (χ0) is 18.6. The molecule has 0 atom stereocenters. The van der Waals surface area contributed by atoms with Gasteiger partial charge in [0.1, 0.15) is 0 Å². The first-order chi connectivity index (χ1) is 11.7. The second-order valence-corrected chi connectivity index (χ2v) is 7.68. The van der Waals surface area contributed by atoms with Gasteiger partial charge in [0.25, 0.3) is 0 Å². The van der Waals surface area contributed by atoms with E-state index in [1.54, 1.807) is 6.07 Å². The van der Waals surface area contributed by atoms with Crippen molar-refractivity contribution in [1.29, 1.82) is 0 Å². The molecule has 0 radical (unpaired) electrons. The number of nitrogens with two attached hydrogens (primary N) is 1. The fourth-order valence-electron chi connectivity index (χ4n) is 2.00. The van der Waals surface area contributed by atoms with E-state index in [1.165, 1.54) is 36.4 Å². The van der Waals surface area contributed by atoms with E-state index in [9.17, 15) is 18.0 Å². The molecular weight excluding hydrogens is 366 g/mol. The number of nitrogens with one attached hydrogen (secondary N) is 2. The summed E-state index contributed by atoms with van der Waals surface area (Å²) in [6, 6.07) is 10.4. The lowest BCUT2D eigenvalue weighted by molar-refractivity contribution is -0.114. The Kier molecular flexibility index (Phi) is 5.66. The fraction of sp³-hybridized carbons (Fsp3) is 0.125. The molecule has 0 heterocycles. The van der Waals surface area contributed by atoms with Gasteiger partial charge < -0.3 is 16.4 Å². The minimum absolute atomic E-state index is 0.0416. The minimum Gasteiger partial charge on any atom is -0.376 e. The van der Waals surface area contributed by atoms with E-state index < -0.39 is 15.7 Å². The molecule has 0 saturated heterocycles. The van der Waals surface area contributed by atoms with E-state index in [4.69, 9.17) is 17.3 Å². The summed E-state index contributed by atoms with van der Waals surface area (Å²) >= 11 is 5.93. The van der Waals surface area contributed by atoms with Crippen molar-refractivity contribution in [1.82, 2.24) is 0 Å². The second kappa shape index (κ2) is 7.54. The molecule has 4 N–H and O–H groups in total. The number of amides is 2. The first-order valence-electron chi connectivity index (χ1n) is 7.10. The van der Waals surface area contributed by atoms with E-state index >= 15 is 0 Å². The van der Waals surface area contributed by atoms with E-state index in [1.807, 2.05) is 0 Å². The first kappa shape index (κ1) is 18.8. The van der Waals surface area contributed by atoms with Gasteiger partial charge in [0.15, 0.2) is 9.84 Å². The van der Waals surface area contributed by atoms with Crippen molar-refractivity contribution in [2.45, 2.75) is 4.90 Å². The van der Waals surface area contributed by atoms with Gasteiger partial charge in [-0.3, -0.25) is 9.59 Å². The summed E-state index contributed by atoms with van der Waals surface area (Å²) in [4.78, 5) is 23.2. The molecule has 2 amide bonds. The number of hydrogen-bond donors (Lipinski definition) is 3. The maximum atomic E-state index is 11.9. The molecule has 0 aliphatic carbocycles. The number of benzene rings is 2. The molecule has 0 bridgehead atoms. The van der Waals surface area contributed by atoms with Gasteiger partial charge in [-0.05, 0) is 42.5 Å². The summed E-state index contributed by atoms with van der Waals surface area (Å²) in [6.45, 7) is -0.0416. The lowest BCUT2D eigenvalue weighted by atomic mass is 10.2. The van der Waals surface area contributed by atoms with Crippen molar-refractivity contribution in [2.75, 3.05) is 23.4 Å². The molecule has 0 saturated carbocycles. The highest BCUT2D eigenvalue weighted by Gasteiger charge is 2.09. The fourth-order valence-corrected chi connectivity index (χ4v) is 2.90. The Morgan fingerprint density at radius 2 is 1.68 bits per heavy atom. The third-order valence-corrected chi connectivity index (χ3v) is 4.70. The van der Waals surface area contributed by atoms with Gasteiger partial charge in [-0.25, -0.2) is 8.42 Å². The topological polar surface area (TPSA) is 118 Å². The third kappa shape index (κ3) is 5.20. The normalized spacial score (nSPS) is 11.0. The number of primary amides is 1. The molecule has 0 spiro atoms. The minimum atomic E-state index is -3.28. The number of sulfone groups is 1. The van der Waals surface area contributed by atoms with Gasteiger partial charge in [0.05, 0.1) is 22.0 Å². The predicted octanol–water partition coefficient (Wildman–Crippen LogP) is 1.89. The zero-order valence-corrected chi connectivity index (χ0v) is 14.8. The van der Waals surface area contributed by atoms with Crippen LogP contribution in [0, 0.1) is 0 Å². The zero-order valence-electron chi connectivity index (χ0n) is 13.2. The summed E-state index contributed by atoms with van der Waals surface area (Å²) in [7, 11) is -3.28. The lowest BCUT2D eigenvalue weighted by Crippen LogP contribution is -2.21. The van der Waals surface area contributed by atoms with Gasteiger partial charge in [-0.15, -0.1) is 0 Å². The molecule has 0 aromatic heterocycles. The van der Waals surface area contributed by atoms with Crippen molar-refractivity contribution >= 4 is 44.6 Å². The van der Waals surface area contributed by atoms with E-state index in [-0.39, 0.29) is 27.9 Å². The first-order valence-corrected chi connectivity index (χ1v) is 9.37. The van der Waals surface area contributed by atoms with Crippen LogP contribution in [0.15, 0.2) is 47.4 Å². The maximum Gasteiger partial charge on any atom is 0.250 e. The highest BCUT2D eigenvalue weighted by Crippen LogP contribution is 2.20. The lowest BCUT2D eigenvalue weighted by Gasteiger charge is -2.09. The van der Waals surface area contributed by atoms with Crippen LogP contribution in [0.1, 0.15) is 10.4 Å². The quantitative estimate of drug-likeness (QED) is 0.706. The molecule has 9 heteroatoms. The van der Waals surface area contributed by atoms with Gasteiger partial charge in [0, 0.05) is 17.6 Å². The van der Waals surface area contributed by atoms with E-state index in [2.05, 4.69) is 10.6 Å². The van der Waals surface area contributed by atoms with Gasteiger partial charge >= 0.3 is 0 Å². The highest BCUT2D eigenvalue weighted by molar-refractivity contribution is 7.90. The Morgan fingerprint density at radius 3 is 2.20 bits per heavy atom. The molecule has 0 unspecified atom stereocenters. The molecule has 7 nitrogen and oxygen atoms in total. The number of halogens is 1. The van der Waals surface area contributed by atoms with Crippen LogP contribution in [0.3, 0.4) is 0 Å². The molecule has 2 rings (SSSR count). The van der Waals surface area contributed by atoms with Crippen molar-refractivity contribution in [3.05, 3.63) is 53.1 Å². The summed E-state index contributed by atoms with van der Waals surface area (Å²) in [5.41, 5.74) is 6.39.